The molecule has 1 aliphatic rings. The summed E-state index contributed by atoms with van der Waals surface area (Å²) in [5, 5.41) is 5.90. The topological polar surface area (TPSA) is 84.2 Å². The Morgan fingerprint density at radius 1 is 1.33 bits per heavy atom. The molecule has 1 aromatic carbocycles. The Bertz CT molecular complexity index is 548. The summed E-state index contributed by atoms with van der Waals surface area (Å²) in [4.78, 5) is 23.3. The highest BCUT2D eigenvalue weighted by molar-refractivity contribution is 6.34. The third-order valence-corrected chi connectivity index (χ3v) is 4.16. The summed E-state index contributed by atoms with van der Waals surface area (Å²) in [6.45, 7) is 1.96. The molecule has 2 amide bonds. The molecule has 114 valence electrons. The van der Waals surface area contributed by atoms with E-state index in [9.17, 15) is 9.59 Å². The monoisotopic (exact) mass is 309 g/mol. The number of carbonyl (C=O) groups excluding carboxylic acids is 2. The van der Waals surface area contributed by atoms with Crippen LogP contribution < -0.4 is 16.4 Å². The van der Waals surface area contributed by atoms with E-state index in [2.05, 4.69) is 10.6 Å². The van der Waals surface area contributed by atoms with Crippen LogP contribution in [0.15, 0.2) is 18.2 Å². The van der Waals surface area contributed by atoms with E-state index in [0.717, 1.165) is 19.3 Å². The van der Waals surface area contributed by atoms with E-state index >= 15 is 0 Å². The minimum absolute atomic E-state index is 0.00806. The summed E-state index contributed by atoms with van der Waals surface area (Å²) < 4.78 is 0. The third kappa shape index (κ3) is 3.95. The lowest BCUT2D eigenvalue weighted by Crippen LogP contribution is -2.29. The number of halogens is 1. The van der Waals surface area contributed by atoms with Gasteiger partial charge in [-0.3, -0.25) is 9.59 Å². The zero-order valence-electron chi connectivity index (χ0n) is 12.0. The van der Waals surface area contributed by atoms with Gasteiger partial charge in [-0.25, -0.2) is 0 Å². The molecule has 4 N–H and O–H groups in total. The van der Waals surface area contributed by atoms with Crippen molar-refractivity contribution in [2.24, 2.45) is 17.6 Å². The zero-order valence-corrected chi connectivity index (χ0v) is 12.7. The van der Waals surface area contributed by atoms with Crippen molar-refractivity contribution in [1.82, 2.24) is 0 Å². The molecular weight excluding hydrogens is 290 g/mol. The summed E-state index contributed by atoms with van der Waals surface area (Å²) in [6.07, 6.45) is 2.93. The molecule has 0 bridgehead atoms. The smallest absolute Gasteiger partial charge is 0.227 e. The molecule has 6 heteroatoms. The number of hydrogen-bond donors (Lipinski definition) is 3. The van der Waals surface area contributed by atoms with Crippen molar-refractivity contribution in [2.75, 3.05) is 17.2 Å². The number of benzene rings is 1. The fourth-order valence-electron chi connectivity index (χ4n) is 2.78. The lowest BCUT2D eigenvalue weighted by molar-refractivity contribution is -0.120. The van der Waals surface area contributed by atoms with Crippen molar-refractivity contribution < 1.29 is 9.59 Å². The number of hydrogen-bond acceptors (Lipinski definition) is 3. The first-order valence-corrected chi connectivity index (χ1v) is 7.47. The maximum Gasteiger partial charge on any atom is 0.227 e. The minimum atomic E-state index is -0.189. The second kappa shape index (κ2) is 6.91. The van der Waals surface area contributed by atoms with E-state index < -0.39 is 0 Å². The van der Waals surface area contributed by atoms with Gasteiger partial charge < -0.3 is 16.4 Å². The summed E-state index contributed by atoms with van der Waals surface area (Å²) in [7, 11) is 0. The molecule has 0 aromatic heterocycles. The molecular formula is C15H20ClN3O2. The van der Waals surface area contributed by atoms with Crippen molar-refractivity contribution >= 4 is 34.8 Å². The van der Waals surface area contributed by atoms with E-state index in [1.54, 1.807) is 18.2 Å². The normalized spacial score (nSPS) is 21.1. The Morgan fingerprint density at radius 3 is 2.71 bits per heavy atom. The molecule has 0 unspecified atom stereocenters. The third-order valence-electron chi connectivity index (χ3n) is 3.85. The molecule has 2 rings (SSSR count). The Morgan fingerprint density at radius 2 is 2.10 bits per heavy atom. The van der Waals surface area contributed by atoms with Gasteiger partial charge in [0.2, 0.25) is 11.8 Å². The standard InChI is InChI=1S/C15H20ClN3O2/c1-9(20)18-14-6-5-11(7-13(14)16)19-15(21)12-4-2-3-10(12)8-17/h5-7,10,12H,2-4,8,17H2,1H3,(H,18,20)(H,19,21)/t10-,12-/m1/s1. The number of rotatable bonds is 4. The first kappa shape index (κ1) is 15.8. The summed E-state index contributed by atoms with van der Waals surface area (Å²) in [5.74, 6) is 0.0413. The predicted octanol–water partition coefficient (Wildman–Crippen LogP) is 2.61. The van der Waals surface area contributed by atoms with Crippen LogP contribution in [0.2, 0.25) is 5.02 Å². The van der Waals surface area contributed by atoms with Gasteiger partial charge in [0.15, 0.2) is 0 Å². The van der Waals surface area contributed by atoms with Crippen LogP contribution in [0, 0.1) is 11.8 Å². The largest absolute Gasteiger partial charge is 0.330 e. The van der Waals surface area contributed by atoms with E-state index in [4.69, 9.17) is 17.3 Å². The van der Waals surface area contributed by atoms with Gasteiger partial charge >= 0.3 is 0 Å². The molecule has 5 nitrogen and oxygen atoms in total. The van der Waals surface area contributed by atoms with Crippen molar-refractivity contribution in [3.63, 3.8) is 0 Å². The second-order valence-corrected chi connectivity index (χ2v) is 5.81. The minimum Gasteiger partial charge on any atom is -0.330 e. The van der Waals surface area contributed by atoms with E-state index in [-0.39, 0.29) is 23.7 Å². The average Bonchev–Trinajstić information content (AvgIpc) is 2.90. The van der Waals surface area contributed by atoms with Gasteiger partial charge in [-0.1, -0.05) is 18.0 Å². The highest BCUT2D eigenvalue weighted by Crippen LogP contribution is 2.32. The van der Waals surface area contributed by atoms with Gasteiger partial charge in [0.1, 0.15) is 0 Å². The number of carbonyl (C=O) groups is 2. The Hall–Kier alpha value is -1.59. The van der Waals surface area contributed by atoms with Crippen LogP contribution in [-0.4, -0.2) is 18.4 Å². The van der Waals surface area contributed by atoms with Crippen molar-refractivity contribution in [3.05, 3.63) is 23.2 Å². The Kier molecular flexibility index (Phi) is 5.20. The SMILES string of the molecule is CC(=O)Nc1ccc(NC(=O)[C@@H]2CCC[C@@H]2CN)cc1Cl. The molecule has 0 heterocycles. The molecule has 1 saturated carbocycles. The maximum atomic E-state index is 12.3. The molecule has 1 aliphatic carbocycles. The molecule has 0 aliphatic heterocycles. The van der Waals surface area contributed by atoms with Crippen LogP contribution in [0.25, 0.3) is 0 Å². The van der Waals surface area contributed by atoms with E-state index in [1.807, 2.05) is 0 Å². The number of amides is 2. The predicted molar refractivity (Wildman–Crippen MR) is 84.3 cm³/mol. The Balaban J connectivity index is 2.04. The lowest BCUT2D eigenvalue weighted by atomic mass is 9.95. The number of nitrogens with two attached hydrogens (primary N) is 1. The van der Waals surface area contributed by atoms with E-state index in [1.165, 1.54) is 6.92 Å². The molecule has 0 radical (unpaired) electrons. The summed E-state index contributed by atoms with van der Waals surface area (Å²) in [5.41, 5.74) is 6.86. The first-order chi connectivity index (χ1) is 10.0. The quantitative estimate of drug-likeness (QED) is 0.799. The van der Waals surface area contributed by atoms with Gasteiger partial charge in [0.25, 0.3) is 0 Å². The van der Waals surface area contributed by atoms with Gasteiger partial charge in [-0.2, -0.15) is 0 Å². The van der Waals surface area contributed by atoms with Crippen LogP contribution in [0.5, 0.6) is 0 Å². The molecule has 0 saturated heterocycles. The van der Waals surface area contributed by atoms with Crippen molar-refractivity contribution in [2.45, 2.75) is 26.2 Å². The van der Waals surface area contributed by atoms with E-state index in [0.29, 0.717) is 22.9 Å². The van der Waals surface area contributed by atoms with Crippen LogP contribution in [0.1, 0.15) is 26.2 Å². The molecule has 2 atom stereocenters. The summed E-state index contributed by atoms with van der Waals surface area (Å²) in [6, 6.07) is 5.03. The van der Waals surface area contributed by atoms with Crippen LogP contribution in [-0.2, 0) is 9.59 Å². The lowest BCUT2D eigenvalue weighted by Gasteiger charge is -2.17. The summed E-state index contributed by atoms with van der Waals surface area (Å²) >= 11 is 6.09. The Labute approximate surface area is 129 Å². The van der Waals surface area contributed by atoms with Crippen LogP contribution in [0.4, 0.5) is 11.4 Å². The van der Waals surface area contributed by atoms with Crippen molar-refractivity contribution in [1.29, 1.82) is 0 Å². The van der Waals surface area contributed by atoms with Gasteiger partial charge in [0, 0.05) is 18.5 Å². The highest BCUT2D eigenvalue weighted by Gasteiger charge is 2.31. The number of nitrogens with one attached hydrogen (secondary N) is 2. The maximum absolute atomic E-state index is 12.3. The second-order valence-electron chi connectivity index (χ2n) is 5.40. The fourth-order valence-corrected chi connectivity index (χ4v) is 3.01. The van der Waals surface area contributed by atoms with Gasteiger partial charge in [-0.05, 0) is 43.5 Å². The molecule has 1 aromatic rings. The first-order valence-electron chi connectivity index (χ1n) is 7.09. The fraction of sp³-hybridized carbons (Fsp3) is 0.467. The zero-order chi connectivity index (χ0) is 15.4. The molecule has 1 fully saturated rings. The van der Waals surface area contributed by atoms with Gasteiger partial charge in [-0.15, -0.1) is 0 Å². The van der Waals surface area contributed by atoms with Crippen LogP contribution in [0.3, 0.4) is 0 Å². The van der Waals surface area contributed by atoms with Gasteiger partial charge in [0.05, 0.1) is 10.7 Å². The van der Waals surface area contributed by atoms with Crippen molar-refractivity contribution in [3.8, 4) is 0 Å². The highest BCUT2D eigenvalue weighted by atomic mass is 35.5. The van der Waals surface area contributed by atoms with Crippen LogP contribution >= 0.6 is 11.6 Å². The average molecular weight is 310 g/mol. The number of anilines is 2. The molecule has 21 heavy (non-hydrogen) atoms. The molecule has 0 spiro atoms.